The summed E-state index contributed by atoms with van der Waals surface area (Å²) in [6, 6.07) is 0. The van der Waals surface area contributed by atoms with Gasteiger partial charge in [0.05, 0.1) is 24.1 Å². The number of hydrogen-bond donors (Lipinski definition) is 1. The molecule has 0 aromatic carbocycles. The van der Waals surface area contributed by atoms with Crippen molar-refractivity contribution in [1.29, 1.82) is 0 Å². The van der Waals surface area contributed by atoms with Crippen molar-refractivity contribution in [3.8, 4) is 11.5 Å². The monoisotopic (exact) mass is 236 g/mol. The van der Waals surface area contributed by atoms with Gasteiger partial charge in [-0.2, -0.15) is 0 Å². The number of ether oxygens (including phenoxy) is 2. The number of rotatable bonds is 4. The number of pyridine rings is 1. The van der Waals surface area contributed by atoms with Crippen LogP contribution < -0.4 is 15.2 Å². The van der Waals surface area contributed by atoms with E-state index in [1.165, 1.54) is 0 Å². The van der Waals surface area contributed by atoms with Crippen LogP contribution in [0.4, 0.5) is 0 Å². The maximum atomic E-state index is 5.84. The van der Waals surface area contributed by atoms with Crippen LogP contribution in [0, 0.1) is 0 Å². The SMILES string of the molecule is CC(C)(C)Oc1cncc(OC2CC2)c1CN. The van der Waals surface area contributed by atoms with Gasteiger partial charge < -0.3 is 15.2 Å². The molecule has 0 aliphatic heterocycles. The minimum Gasteiger partial charge on any atom is -0.488 e. The van der Waals surface area contributed by atoms with Crippen LogP contribution in [0.1, 0.15) is 39.2 Å². The van der Waals surface area contributed by atoms with Crippen molar-refractivity contribution in [2.75, 3.05) is 0 Å². The summed E-state index contributed by atoms with van der Waals surface area (Å²) < 4.78 is 11.6. The molecule has 4 heteroatoms. The summed E-state index contributed by atoms with van der Waals surface area (Å²) in [7, 11) is 0. The van der Waals surface area contributed by atoms with E-state index < -0.39 is 0 Å². The second-order valence-corrected chi connectivity index (χ2v) is 5.35. The minimum absolute atomic E-state index is 0.260. The molecule has 1 heterocycles. The van der Waals surface area contributed by atoms with Gasteiger partial charge in [-0.15, -0.1) is 0 Å². The van der Waals surface area contributed by atoms with Gasteiger partial charge in [-0.3, -0.25) is 4.98 Å². The zero-order chi connectivity index (χ0) is 12.5. The molecule has 1 aromatic heterocycles. The lowest BCUT2D eigenvalue weighted by atomic mass is 10.1. The Labute approximate surface area is 102 Å². The lowest BCUT2D eigenvalue weighted by Crippen LogP contribution is -2.24. The third-order valence-electron chi connectivity index (χ3n) is 2.42. The molecule has 1 fully saturated rings. The molecule has 0 saturated heterocycles. The van der Waals surface area contributed by atoms with Crippen molar-refractivity contribution in [2.24, 2.45) is 5.73 Å². The molecule has 1 aliphatic carbocycles. The highest BCUT2D eigenvalue weighted by Gasteiger charge is 2.26. The van der Waals surface area contributed by atoms with Crippen LogP contribution in [-0.2, 0) is 6.54 Å². The smallest absolute Gasteiger partial charge is 0.146 e. The third kappa shape index (κ3) is 3.33. The molecule has 0 bridgehead atoms. The normalized spacial score (nSPS) is 15.8. The third-order valence-corrected chi connectivity index (χ3v) is 2.42. The van der Waals surface area contributed by atoms with E-state index in [4.69, 9.17) is 15.2 Å². The van der Waals surface area contributed by atoms with Gasteiger partial charge in [-0.25, -0.2) is 0 Å². The van der Waals surface area contributed by atoms with Crippen LogP contribution in [0.3, 0.4) is 0 Å². The molecule has 2 N–H and O–H groups in total. The summed E-state index contributed by atoms with van der Waals surface area (Å²) in [5, 5.41) is 0. The van der Waals surface area contributed by atoms with Crippen molar-refractivity contribution < 1.29 is 9.47 Å². The Bertz CT molecular complexity index is 395. The van der Waals surface area contributed by atoms with E-state index in [9.17, 15) is 0 Å². The molecule has 0 unspecified atom stereocenters. The predicted molar refractivity (Wildman–Crippen MR) is 66.2 cm³/mol. The Morgan fingerprint density at radius 2 is 1.94 bits per heavy atom. The average Bonchev–Trinajstić information content (AvgIpc) is 2.99. The van der Waals surface area contributed by atoms with Crippen molar-refractivity contribution in [1.82, 2.24) is 4.98 Å². The first-order valence-corrected chi connectivity index (χ1v) is 6.02. The van der Waals surface area contributed by atoms with Gasteiger partial charge in [0.25, 0.3) is 0 Å². The molecule has 17 heavy (non-hydrogen) atoms. The average molecular weight is 236 g/mol. The zero-order valence-electron chi connectivity index (χ0n) is 10.7. The molecular weight excluding hydrogens is 216 g/mol. The van der Waals surface area contributed by atoms with Gasteiger partial charge in [0.1, 0.15) is 17.1 Å². The topological polar surface area (TPSA) is 57.4 Å². The number of hydrogen-bond acceptors (Lipinski definition) is 4. The van der Waals surface area contributed by atoms with Gasteiger partial charge in [-0.1, -0.05) is 0 Å². The van der Waals surface area contributed by atoms with Crippen LogP contribution >= 0.6 is 0 Å². The fourth-order valence-corrected chi connectivity index (χ4v) is 1.54. The van der Waals surface area contributed by atoms with Gasteiger partial charge in [-0.05, 0) is 33.6 Å². The van der Waals surface area contributed by atoms with E-state index >= 15 is 0 Å². The van der Waals surface area contributed by atoms with Crippen LogP contribution in [0.25, 0.3) is 0 Å². The van der Waals surface area contributed by atoms with E-state index in [0.717, 1.165) is 29.9 Å². The Hall–Kier alpha value is -1.29. The molecule has 0 spiro atoms. The van der Waals surface area contributed by atoms with Gasteiger partial charge >= 0.3 is 0 Å². The van der Waals surface area contributed by atoms with E-state index in [1.54, 1.807) is 12.4 Å². The fourth-order valence-electron chi connectivity index (χ4n) is 1.54. The van der Waals surface area contributed by atoms with E-state index in [-0.39, 0.29) is 5.60 Å². The molecule has 0 radical (unpaired) electrons. The summed E-state index contributed by atoms with van der Waals surface area (Å²) in [4.78, 5) is 4.15. The number of nitrogens with two attached hydrogens (primary N) is 1. The lowest BCUT2D eigenvalue weighted by molar-refractivity contribution is 0.128. The first kappa shape index (κ1) is 12.2. The second-order valence-electron chi connectivity index (χ2n) is 5.35. The second kappa shape index (κ2) is 4.53. The standard InChI is InChI=1S/C13H20N2O2/c1-13(2,3)17-12-8-15-7-11(10(12)6-14)16-9-4-5-9/h7-9H,4-6,14H2,1-3H3. The van der Waals surface area contributed by atoms with E-state index in [0.29, 0.717) is 12.6 Å². The van der Waals surface area contributed by atoms with Gasteiger partial charge in [0.15, 0.2) is 0 Å². The molecule has 94 valence electrons. The molecule has 1 aliphatic rings. The lowest BCUT2D eigenvalue weighted by Gasteiger charge is -2.23. The van der Waals surface area contributed by atoms with Crippen LogP contribution in [-0.4, -0.2) is 16.7 Å². The summed E-state index contributed by atoms with van der Waals surface area (Å²) >= 11 is 0. The first-order chi connectivity index (χ1) is 7.99. The minimum atomic E-state index is -0.260. The maximum Gasteiger partial charge on any atom is 0.146 e. The highest BCUT2D eigenvalue weighted by Crippen LogP contribution is 2.33. The fraction of sp³-hybridized carbons (Fsp3) is 0.615. The predicted octanol–water partition coefficient (Wildman–Crippen LogP) is 2.26. The van der Waals surface area contributed by atoms with Crippen LogP contribution in [0.15, 0.2) is 12.4 Å². The maximum absolute atomic E-state index is 5.84. The largest absolute Gasteiger partial charge is 0.488 e. The molecule has 1 saturated carbocycles. The van der Waals surface area contributed by atoms with Crippen molar-refractivity contribution in [3.05, 3.63) is 18.0 Å². The Morgan fingerprint density at radius 3 is 2.47 bits per heavy atom. The molecule has 0 amide bonds. The van der Waals surface area contributed by atoms with Crippen molar-refractivity contribution in [2.45, 2.75) is 51.9 Å². The first-order valence-electron chi connectivity index (χ1n) is 6.02. The van der Waals surface area contributed by atoms with E-state index in [2.05, 4.69) is 4.98 Å². The highest BCUT2D eigenvalue weighted by atomic mass is 16.5. The van der Waals surface area contributed by atoms with Crippen molar-refractivity contribution in [3.63, 3.8) is 0 Å². The Balaban J connectivity index is 2.24. The molecule has 0 atom stereocenters. The quantitative estimate of drug-likeness (QED) is 0.871. The highest BCUT2D eigenvalue weighted by molar-refractivity contribution is 5.42. The Morgan fingerprint density at radius 1 is 1.29 bits per heavy atom. The van der Waals surface area contributed by atoms with Crippen LogP contribution in [0.5, 0.6) is 11.5 Å². The molecule has 4 nitrogen and oxygen atoms in total. The van der Waals surface area contributed by atoms with Gasteiger partial charge in [0.2, 0.25) is 0 Å². The van der Waals surface area contributed by atoms with Crippen molar-refractivity contribution >= 4 is 0 Å². The number of nitrogens with zero attached hydrogens (tertiary/aromatic N) is 1. The molecular formula is C13H20N2O2. The van der Waals surface area contributed by atoms with Gasteiger partial charge in [0, 0.05) is 6.54 Å². The van der Waals surface area contributed by atoms with E-state index in [1.807, 2.05) is 20.8 Å². The zero-order valence-corrected chi connectivity index (χ0v) is 10.7. The number of aromatic nitrogens is 1. The molecule has 2 rings (SSSR count). The summed E-state index contributed by atoms with van der Waals surface area (Å²) in [5.41, 5.74) is 6.42. The molecule has 1 aromatic rings. The van der Waals surface area contributed by atoms with Crippen LogP contribution in [0.2, 0.25) is 0 Å². The summed E-state index contributed by atoms with van der Waals surface area (Å²) in [6.07, 6.45) is 6.00. The summed E-state index contributed by atoms with van der Waals surface area (Å²) in [6.45, 7) is 6.40. The summed E-state index contributed by atoms with van der Waals surface area (Å²) in [5.74, 6) is 1.48. The Kier molecular flexibility index (Phi) is 3.24.